The minimum Gasteiger partial charge on any atom is -0.490 e. The SMILES string of the molecule is O=C(N[C@@H]1CCN(Cc2cccnc2)C1)c1cc2cc(OC3CCN(c4ccc(C(F)(F)F)cc4)CC3)ccc2o1. The van der Waals surface area contributed by atoms with Gasteiger partial charge in [0.2, 0.25) is 0 Å². The van der Waals surface area contributed by atoms with Gasteiger partial charge in [-0.2, -0.15) is 13.2 Å². The number of hydrogen-bond donors (Lipinski definition) is 1. The summed E-state index contributed by atoms with van der Waals surface area (Å²) in [6, 6.07) is 16.6. The van der Waals surface area contributed by atoms with E-state index in [1.807, 2.05) is 30.5 Å². The molecule has 0 unspecified atom stereocenters. The van der Waals surface area contributed by atoms with Gasteiger partial charge in [-0.1, -0.05) is 6.07 Å². The highest BCUT2D eigenvalue weighted by atomic mass is 19.4. The Morgan fingerprint density at radius 3 is 2.56 bits per heavy atom. The van der Waals surface area contributed by atoms with Crippen molar-refractivity contribution in [2.24, 2.45) is 0 Å². The van der Waals surface area contributed by atoms with E-state index in [-0.39, 0.29) is 23.8 Å². The Labute approximate surface area is 235 Å². The molecule has 0 spiro atoms. The van der Waals surface area contributed by atoms with E-state index in [2.05, 4.69) is 26.2 Å². The van der Waals surface area contributed by atoms with Crippen LogP contribution in [0.25, 0.3) is 11.0 Å². The van der Waals surface area contributed by atoms with Gasteiger partial charge in [0, 0.05) is 75.1 Å². The van der Waals surface area contributed by atoms with E-state index in [1.165, 1.54) is 12.1 Å². The quantitative estimate of drug-likeness (QED) is 0.302. The molecule has 4 aromatic rings. The number of carbonyl (C=O) groups is 1. The van der Waals surface area contributed by atoms with Gasteiger partial charge in [-0.25, -0.2) is 0 Å². The lowest BCUT2D eigenvalue weighted by molar-refractivity contribution is -0.137. The first-order valence-electron chi connectivity index (χ1n) is 13.8. The average molecular weight is 565 g/mol. The Balaban J connectivity index is 1.01. The third kappa shape index (κ3) is 6.48. The van der Waals surface area contributed by atoms with Gasteiger partial charge in [0.05, 0.1) is 5.56 Å². The standard InChI is InChI=1S/C31H31F3N4O3/c32-31(33,34)23-3-5-25(6-4-23)38-14-10-26(11-15-38)40-27-7-8-28-22(16-27)17-29(41-28)30(39)36-24-9-13-37(20-24)19-21-2-1-12-35-18-21/h1-8,12,16-18,24,26H,9-11,13-15,19-20H2,(H,36,39)/t24-/m1/s1. The van der Waals surface area contributed by atoms with Gasteiger partial charge >= 0.3 is 6.18 Å². The highest BCUT2D eigenvalue weighted by molar-refractivity contribution is 5.96. The maximum absolute atomic E-state index is 12.9. The topological polar surface area (TPSA) is 70.8 Å². The molecule has 214 valence electrons. The average Bonchev–Trinajstić information content (AvgIpc) is 3.60. The Hall–Kier alpha value is -4.05. The van der Waals surface area contributed by atoms with Gasteiger partial charge in [0.1, 0.15) is 17.4 Å². The maximum Gasteiger partial charge on any atom is 0.416 e. The van der Waals surface area contributed by atoms with Crippen LogP contribution >= 0.6 is 0 Å². The molecule has 6 rings (SSSR count). The molecule has 41 heavy (non-hydrogen) atoms. The summed E-state index contributed by atoms with van der Waals surface area (Å²) in [5.41, 5.74) is 1.90. The number of pyridine rings is 1. The van der Waals surface area contributed by atoms with Crippen LogP contribution in [0, 0.1) is 0 Å². The van der Waals surface area contributed by atoms with Crippen LogP contribution in [0.15, 0.2) is 77.5 Å². The number of hydrogen-bond acceptors (Lipinski definition) is 6. The van der Waals surface area contributed by atoms with Crippen molar-refractivity contribution >= 4 is 22.6 Å². The van der Waals surface area contributed by atoms with Gasteiger partial charge < -0.3 is 19.4 Å². The fourth-order valence-electron chi connectivity index (χ4n) is 5.59. The minimum absolute atomic E-state index is 0.00945. The number of benzene rings is 2. The summed E-state index contributed by atoms with van der Waals surface area (Å²) >= 11 is 0. The van der Waals surface area contributed by atoms with E-state index >= 15 is 0 Å². The van der Waals surface area contributed by atoms with Crippen molar-refractivity contribution in [3.63, 3.8) is 0 Å². The molecule has 2 aromatic carbocycles. The smallest absolute Gasteiger partial charge is 0.416 e. The van der Waals surface area contributed by atoms with E-state index in [1.54, 1.807) is 12.3 Å². The lowest BCUT2D eigenvalue weighted by Gasteiger charge is -2.33. The van der Waals surface area contributed by atoms with E-state index in [0.717, 1.165) is 67.7 Å². The second-order valence-corrected chi connectivity index (χ2v) is 10.7. The van der Waals surface area contributed by atoms with E-state index in [9.17, 15) is 18.0 Å². The number of amides is 1. The minimum atomic E-state index is -4.33. The molecule has 2 saturated heterocycles. The molecule has 0 aliphatic carbocycles. The zero-order valence-electron chi connectivity index (χ0n) is 22.4. The number of fused-ring (bicyclic) bond motifs is 1. The molecule has 1 atom stereocenters. The lowest BCUT2D eigenvalue weighted by Crippen LogP contribution is -2.38. The van der Waals surface area contributed by atoms with E-state index < -0.39 is 11.7 Å². The first kappa shape index (κ1) is 27.1. The number of anilines is 1. The predicted molar refractivity (Wildman–Crippen MR) is 149 cm³/mol. The van der Waals surface area contributed by atoms with Crippen LogP contribution in [0.2, 0.25) is 0 Å². The summed E-state index contributed by atoms with van der Waals surface area (Å²) in [4.78, 5) is 21.5. The molecule has 7 nitrogen and oxygen atoms in total. The third-order valence-corrected chi connectivity index (χ3v) is 7.75. The Morgan fingerprint density at radius 2 is 1.83 bits per heavy atom. The van der Waals surface area contributed by atoms with Crippen molar-refractivity contribution in [2.75, 3.05) is 31.1 Å². The molecule has 4 heterocycles. The van der Waals surface area contributed by atoms with Crippen molar-refractivity contribution in [2.45, 2.75) is 44.1 Å². The number of alkyl halides is 3. The molecular formula is C31H31F3N4O3. The van der Waals surface area contributed by atoms with Crippen molar-refractivity contribution in [3.8, 4) is 5.75 Å². The summed E-state index contributed by atoms with van der Waals surface area (Å²) in [6.07, 6.45) is 1.65. The summed E-state index contributed by atoms with van der Waals surface area (Å²) in [6.45, 7) is 3.87. The van der Waals surface area contributed by atoms with E-state index in [0.29, 0.717) is 24.4 Å². The largest absolute Gasteiger partial charge is 0.490 e. The number of ether oxygens (including phenoxy) is 1. The fourth-order valence-corrected chi connectivity index (χ4v) is 5.59. The summed E-state index contributed by atoms with van der Waals surface area (Å²) in [7, 11) is 0. The zero-order valence-corrected chi connectivity index (χ0v) is 22.4. The molecule has 1 N–H and O–H groups in total. The van der Waals surface area contributed by atoms with Crippen molar-refractivity contribution in [1.82, 2.24) is 15.2 Å². The molecule has 0 bridgehead atoms. The highest BCUT2D eigenvalue weighted by Gasteiger charge is 2.30. The molecule has 1 amide bonds. The van der Waals surface area contributed by atoms with Crippen LogP contribution in [0.1, 0.15) is 40.9 Å². The Kier molecular flexibility index (Phi) is 7.57. The number of aromatic nitrogens is 1. The van der Waals surface area contributed by atoms with Crippen LogP contribution in [0.3, 0.4) is 0 Å². The van der Waals surface area contributed by atoms with Crippen LogP contribution in [0.4, 0.5) is 18.9 Å². The molecule has 2 aliphatic heterocycles. The number of rotatable bonds is 7. The first-order valence-corrected chi connectivity index (χ1v) is 13.8. The molecule has 10 heteroatoms. The van der Waals surface area contributed by atoms with Gasteiger partial charge in [0.15, 0.2) is 5.76 Å². The molecule has 2 aliphatic rings. The molecule has 2 aromatic heterocycles. The zero-order chi connectivity index (χ0) is 28.4. The van der Waals surface area contributed by atoms with Gasteiger partial charge in [-0.05, 0) is 66.6 Å². The fraction of sp³-hybridized carbons (Fsp3) is 0.355. The number of halogens is 3. The maximum atomic E-state index is 12.9. The second kappa shape index (κ2) is 11.4. The second-order valence-electron chi connectivity index (χ2n) is 10.7. The van der Waals surface area contributed by atoms with Crippen molar-refractivity contribution in [1.29, 1.82) is 0 Å². The van der Waals surface area contributed by atoms with E-state index in [4.69, 9.17) is 9.15 Å². The Bertz CT molecular complexity index is 1480. The number of furan rings is 1. The number of nitrogens with zero attached hydrogens (tertiary/aromatic N) is 3. The number of nitrogens with one attached hydrogen (secondary N) is 1. The van der Waals surface area contributed by atoms with Crippen molar-refractivity contribution < 1.29 is 27.1 Å². The normalized spacial score (nSPS) is 18.6. The Morgan fingerprint density at radius 1 is 1.02 bits per heavy atom. The first-order chi connectivity index (χ1) is 19.8. The predicted octanol–water partition coefficient (Wildman–Crippen LogP) is 5.90. The molecular weight excluding hydrogens is 533 g/mol. The third-order valence-electron chi connectivity index (χ3n) is 7.75. The van der Waals surface area contributed by atoms with Gasteiger partial charge in [-0.3, -0.25) is 14.7 Å². The molecule has 2 fully saturated rings. The lowest BCUT2D eigenvalue weighted by atomic mass is 10.1. The van der Waals surface area contributed by atoms with Gasteiger partial charge in [-0.15, -0.1) is 0 Å². The summed E-state index contributed by atoms with van der Waals surface area (Å²) < 4.78 is 50.6. The molecule has 0 radical (unpaired) electrons. The summed E-state index contributed by atoms with van der Waals surface area (Å²) in [5, 5.41) is 3.89. The highest BCUT2D eigenvalue weighted by Crippen LogP contribution is 2.32. The van der Waals surface area contributed by atoms with Crippen LogP contribution in [-0.2, 0) is 12.7 Å². The van der Waals surface area contributed by atoms with Crippen LogP contribution in [0.5, 0.6) is 5.75 Å². The molecule has 0 saturated carbocycles. The number of likely N-dealkylation sites (tertiary alicyclic amines) is 1. The summed E-state index contributed by atoms with van der Waals surface area (Å²) in [5.74, 6) is 0.736. The van der Waals surface area contributed by atoms with Crippen molar-refractivity contribution in [3.05, 3.63) is 89.9 Å². The van der Waals surface area contributed by atoms with Crippen LogP contribution in [-0.4, -0.2) is 54.1 Å². The number of piperidine rings is 1. The van der Waals surface area contributed by atoms with Gasteiger partial charge in [0.25, 0.3) is 5.91 Å². The van der Waals surface area contributed by atoms with Crippen LogP contribution < -0.4 is 15.0 Å². The monoisotopic (exact) mass is 564 g/mol. The number of carbonyl (C=O) groups excluding carboxylic acids is 1.